The van der Waals surface area contributed by atoms with E-state index in [0.717, 1.165) is 5.56 Å². The molecular formula is C25H16ClF2N3O. The van der Waals surface area contributed by atoms with Crippen LogP contribution in [0.2, 0.25) is 5.02 Å². The van der Waals surface area contributed by atoms with Gasteiger partial charge < -0.3 is 9.67 Å². The lowest BCUT2D eigenvalue weighted by Crippen LogP contribution is -2.24. The zero-order valence-electron chi connectivity index (χ0n) is 16.6. The number of hydrogen-bond acceptors (Lipinski definition) is 3. The Morgan fingerprint density at radius 3 is 2.62 bits per heavy atom. The molecule has 7 heteroatoms. The van der Waals surface area contributed by atoms with Gasteiger partial charge in [0, 0.05) is 12.0 Å². The standard InChI is InChI=1S/C25H16ClF2N3O/c26-20-10-17(5-7-21(20)27)16-2-1-3-18(9-16)25(32)11-23(31-14-30-13-24(25)31)19-6-4-15(12-29)8-22(19)28/h1-10,13-14,23,32H,11H2/t23-,25+/m1/s1. The number of halogens is 3. The average Bonchev–Trinajstić information content (AvgIpc) is 3.39. The molecule has 3 aromatic carbocycles. The van der Waals surface area contributed by atoms with Crippen molar-refractivity contribution < 1.29 is 13.9 Å². The summed E-state index contributed by atoms with van der Waals surface area (Å²) in [4.78, 5) is 4.17. The van der Waals surface area contributed by atoms with Crippen LogP contribution in [0.4, 0.5) is 8.78 Å². The quantitative estimate of drug-likeness (QED) is 0.446. The first kappa shape index (κ1) is 20.4. The van der Waals surface area contributed by atoms with E-state index in [-0.39, 0.29) is 17.0 Å². The predicted octanol–water partition coefficient (Wildman–Crippen LogP) is 5.58. The molecule has 0 saturated carbocycles. The van der Waals surface area contributed by atoms with Crippen LogP contribution in [-0.4, -0.2) is 14.7 Å². The van der Waals surface area contributed by atoms with Gasteiger partial charge in [-0.1, -0.05) is 41.9 Å². The third-order valence-corrected chi connectivity index (χ3v) is 6.29. The van der Waals surface area contributed by atoms with Crippen molar-refractivity contribution in [1.82, 2.24) is 9.55 Å². The van der Waals surface area contributed by atoms with Crippen molar-refractivity contribution in [3.8, 4) is 17.2 Å². The molecule has 0 amide bonds. The molecule has 158 valence electrons. The molecular weight excluding hydrogens is 432 g/mol. The molecule has 2 heterocycles. The van der Waals surface area contributed by atoms with Gasteiger partial charge in [0.25, 0.3) is 0 Å². The van der Waals surface area contributed by atoms with E-state index in [1.807, 2.05) is 18.2 Å². The minimum atomic E-state index is -1.42. The number of nitrogens with zero attached hydrogens (tertiary/aromatic N) is 3. The van der Waals surface area contributed by atoms with Crippen LogP contribution in [-0.2, 0) is 5.60 Å². The van der Waals surface area contributed by atoms with Gasteiger partial charge in [0.15, 0.2) is 0 Å². The second-order valence-corrected chi connectivity index (χ2v) is 8.23. The molecule has 4 aromatic rings. The number of aromatic nitrogens is 2. The van der Waals surface area contributed by atoms with Crippen LogP contribution < -0.4 is 0 Å². The second-order valence-electron chi connectivity index (χ2n) is 7.82. The second kappa shape index (κ2) is 7.56. The van der Waals surface area contributed by atoms with Crippen molar-refractivity contribution in [3.63, 3.8) is 0 Å². The van der Waals surface area contributed by atoms with Gasteiger partial charge in [-0.15, -0.1) is 0 Å². The lowest BCUT2D eigenvalue weighted by atomic mass is 9.85. The average molecular weight is 448 g/mol. The van der Waals surface area contributed by atoms with Gasteiger partial charge in [0.2, 0.25) is 0 Å². The van der Waals surface area contributed by atoms with Crippen molar-refractivity contribution in [2.45, 2.75) is 18.1 Å². The van der Waals surface area contributed by atoms with E-state index in [1.54, 1.807) is 47.4 Å². The summed E-state index contributed by atoms with van der Waals surface area (Å²) in [6.07, 6.45) is 3.34. The number of fused-ring (bicyclic) bond motifs is 1. The first-order chi connectivity index (χ1) is 15.4. The zero-order chi connectivity index (χ0) is 22.5. The summed E-state index contributed by atoms with van der Waals surface area (Å²) in [5.74, 6) is -1.01. The van der Waals surface area contributed by atoms with Crippen LogP contribution >= 0.6 is 11.6 Å². The lowest BCUT2D eigenvalue weighted by molar-refractivity contribution is 0.0793. The fraction of sp³-hybridized carbons (Fsp3) is 0.120. The summed E-state index contributed by atoms with van der Waals surface area (Å²) >= 11 is 5.94. The highest BCUT2D eigenvalue weighted by molar-refractivity contribution is 6.31. The molecule has 5 rings (SSSR count). The smallest absolute Gasteiger partial charge is 0.141 e. The monoisotopic (exact) mass is 447 g/mol. The van der Waals surface area contributed by atoms with Gasteiger partial charge in [0.05, 0.1) is 40.9 Å². The first-order valence-electron chi connectivity index (χ1n) is 9.91. The van der Waals surface area contributed by atoms with Gasteiger partial charge in [0.1, 0.15) is 17.2 Å². The number of rotatable bonds is 3. The highest BCUT2D eigenvalue weighted by atomic mass is 35.5. The van der Waals surface area contributed by atoms with E-state index in [1.165, 1.54) is 18.2 Å². The van der Waals surface area contributed by atoms with Crippen molar-refractivity contribution >= 4 is 11.6 Å². The Balaban J connectivity index is 1.58. The summed E-state index contributed by atoms with van der Waals surface area (Å²) in [6.45, 7) is 0. The molecule has 0 saturated heterocycles. The van der Waals surface area contributed by atoms with Gasteiger partial charge in [-0.2, -0.15) is 5.26 Å². The Labute approximate surface area is 188 Å². The third-order valence-electron chi connectivity index (χ3n) is 6.00. The maximum absolute atomic E-state index is 14.8. The van der Waals surface area contributed by atoms with E-state index in [0.29, 0.717) is 22.4 Å². The van der Waals surface area contributed by atoms with Gasteiger partial charge in [-0.25, -0.2) is 13.8 Å². The number of hydrogen-bond donors (Lipinski definition) is 1. The Kier molecular flexibility index (Phi) is 4.81. The molecule has 32 heavy (non-hydrogen) atoms. The topological polar surface area (TPSA) is 61.8 Å². The van der Waals surface area contributed by atoms with Crippen LogP contribution in [0.5, 0.6) is 0 Å². The van der Waals surface area contributed by atoms with Crippen molar-refractivity contribution in [1.29, 1.82) is 5.26 Å². The fourth-order valence-corrected chi connectivity index (χ4v) is 4.56. The maximum atomic E-state index is 14.8. The first-order valence-corrected chi connectivity index (χ1v) is 10.3. The molecule has 1 N–H and O–H groups in total. The van der Waals surface area contributed by atoms with Crippen LogP contribution in [0.3, 0.4) is 0 Å². The minimum Gasteiger partial charge on any atom is -0.379 e. The number of imidazole rings is 1. The summed E-state index contributed by atoms with van der Waals surface area (Å²) in [6, 6.07) is 17.5. The Hall–Kier alpha value is -3.53. The SMILES string of the molecule is N#Cc1ccc([C@H]2C[C@](O)(c3cccc(-c4ccc(F)c(Cl)c4)c3)c3cncn32)c(F)c1. The van der Waals surface area contributed by atoms with E-state index < -0.39 is 23.3 Å². The molecule has 0 aliphatic carbocycles. The van der Waals surface area contributed by atoms with Crippen molar-refractivity contribution in [2.24, 2.45) is 0 Å². The maximum Gasteiger partial charge on any atom is 0.141 e. The van der Waals surface area contributed by atoms with E-state index >= 15 is 0 Å². The normalized spacial score (nSPS) is 19.5. The molecule has 2 atom stereocenters. The summed E-state index contributed by atoms with van der Waals surface area (Å²) < 4.78 is 30.1. The molecule has 0 radical (unpaired) electrons. The molecule has 0 unspecified atom stereocenters. The van der Waals surface area contributed by atoms with Crippen LogP contribution in [0.15, 0.2) is 73.2 Å². The zero-order valence-corrected chi connectivity index (χ0v) is 17.4. The van der Waals surface area contributed by atoms with E-state index in [4.69, 9.17) is 16.9 Å². The molecule has 1 aromatic heterocycles. The molecule has 1 aliphatic heterocycles. The largest absolute Gasteiger partial charge is 0.379 e. The summed E-state index contributed by atoms with van der Waals surface area (Å²) in [5, 5.41) is 20.8. The van der Waals surface area contributed by atoms with Crippen LogP contribution in [0.25, 0.3) is 11.1 Å². The molecule has 0 fully saturated rings. The highest BCUT2D eigenvalue weighted by Crippen LogP contribution is 2.47. The molecule has 4 nitrogen and oxygen atoms in total. The predicted molar refractivity (Wildman–Crippen MR) is 116 cm³/mol. The Morgan fingerprint density at radius 2 is 1.88 bits per heavy atom. The van der Waals surface area contributed by atoms with Crippen molar-refractivity contribution in [3.05, 3.63) is 112 Å². The van der Waals surface area contributed by atoms with Crippen LogP contribution in [0, 0.1) is 23.0 Å². The Bertz CT molecular complexity index is 1390. The van der Waals surface area contributed by atoms with Crippen LogP contribution in [0.1, 0.15) is 34.8 Å². The number of nitriles is 1. The van der Waals surface area contributed by atoms with Crippen molar-refractivity contribution in [2.75, 3.05) is 0 Å². The minimum absolute atomic E-state index is 0.0157. The van der Waals surface area contributed by atoms with E-state index in [2.05, 4.69) is 4.98 Å². The van der Waals surface area contributed by atoms with Gasteiger partial charge >= 0.3 is 0 Å². The summed E-state index contributed by atoms with van der Waals surface area (Å²) in [7, 11) is 0. The van der Waals surface area contributed by atoms with E-state index in [9.17, 15) is 13.9 Å². The molecule has 0 spiro atoms. The lowest BCUT2D eigenvalue weighted by Gasteiger charge is -2.24. The fourth-order valence-electron chi connectivity index (χ4n) is 4.38. The molecule has 0 bridgehead atoms. The Morgan fingerprint density at radius 1 is 1.06 bits per heavy atom. The number of benzene rings is 3. The van der Waals surface area contributed by atoms with Gasteiger partial charge in [-0.3, -0.25) is 0 Å². The molecule has 1 aliphatic rings. The van der Waals surface area contributed by atoms with Gasteiger partial charge in [-0.05, 0) is 47.0 Å². The summed E-state index contributed by atoms with van der Waals surface area (Å²) in [5.41, 5.74) is 1.81. The highest BCUT2D eigenvalue weighted by Gasteiger charge is 2.45. The third kappa shape index (κ3) is 3.18. The number of aliphatic hydroxyl groups is 1.